The zero-order valence-electron chi connectivity index (χ0n) is 13.2. The molecule has 0 unspecified atom stereocenters. The summed E-state index contributed by atoms with van der Waals surface area (Å²) in [5, 5.41) is 0. The second kappa shape index (κ2) is 8.35. The molecular weight excluding hydrogens is 272 g/mol. The summed E-state index contributed by atoms with van der Waals surface area (Å²) in [6.07, 6.45) is 8.96. The minimum atomic E-state index is -3.18. The van der Waals surface area contributed by atoms with Crippen molar-refractivity contribution in [3.05, 3.63) is 0 Å². The monoisotopic (exact) mass is 304 g/mol. The van der Waals surface area contributed by atoms with Crippen LogP contribution in [-0.4, -0.2) is 37.1 Å². The van der Waals surface area contributed by atoms with E-state index in [2.05, 4.69) is 0 Å². The van der Waals surface area contributed by atoms with Crippen LogP contribution in [0.1, 0.15) is 71.6 Å². The number of sulfonamides is 1. The molecule has 2 N–H and O–H groups in total. The van der Waals surface area contributed by atoms with E-state index >= 15 is 0 Å². The Morgan fingerprint density at radius 3 is 2.10 bits per heavy atom. The summed E-state index contributed by atoms with van der Waals surface area (Å²) in [5.41, 5.74) is 5.74. The zero-order chi connectivity index (χ0) is 15.1. The Morgan fingerprint density at radius 1 is 1.05 bits per heavy atom. The van der Waals surface area contributed by atoms with E-state index in [0.717, 1.165) is 44.9 Å². The third-order valence-electron chi connectivity index (χ3n) is 4.46. The summed E-state index contributed by atoms with van der Waals surface area (Å²) in [7, 11) is -3.18. The Balaban J connectivity index is 3.01. The molecule has 0 atom stereocenters. The number of hydrogen-bond donors (Lipinski definition) is 1. The van der Waals surface area contributed by atoms with Crippen LogP contribution in [0, 0.1) is 0 Å². The van der Waals surface area contributed by atoms with Crippen LogP contribution in [0.4, 0.5) is 0 Å². The number of nitrogens with zero attached hydrogens (tertiary/aromatic N) is 1. The van der Waals surface area contributed by atoms with Gasteiger partial charge in [-0.05, 0) is 25.7 Å². The largest absolute Gasteiger partial charge is 0.329 e. The molecule has 1 aliphatic rings. The van der Waals surface area contributed by atoms with Crippen LogP contribution in [0.2, 0.25) is 0 Å². The lowest BCUT2D eigenvalue weighted by Crippen LogP contribution is -2.56. The van der Waals surface area contributed by atoms with E-state index in [-0.39, 0.29) is 11.3 Å². The average Bonchev–Trinajstić information content (AvgIpc) is 2.68. The van der Waals surface area contributed by atoms with Gasteiger partial charge in [-0.3, -0.25) is 0 Å². The molecule has 0 amide bonds. The summed E-state index contributed by atoms with van der Waals surface area (Å²) in [6, 6.07) is 0. The molecule has 0 radical (unpaired) electrons. The van der Waals surface area contributed by atoms with Gasteiger partial charge in [0.1, 0.15) is 0 Å². The molecule has 5 heteroatoms. The molecule has 0 aliphatic heterocycles. The van der Waals surface area contributed by atoms with Gasteiger partial charge in [0.15, 0.2) is 0 Å². The molecule has 1 fully saturated rings. The molecule has 120 valence electrons. The summed E-state index contributed by atoms with van der Waals surface area (Å²) in [6.45, 7) is 5.15. The van der Waals surface area contributed by atoms with Crippen molar-refractivity contribution < 1.29 is 8.42 Å². The number of hydrogen-bond acceptors (Lipinski definition) is 3. The first kappa shape index (κ1) is 17.9. The van der Waals surface area contributed by atoms with Gasteiger partial charge < -0.3 is 5.73 Å². The minimum absolute atomic E-state index is 0.269. The fourth-order valence-electron chi connectivity index (χ4n) is 3.25. The molecule has 0 spiro atoms. The van der Waals surface area contributed by atoms with Crippen LogP contribution in [0.3, 0.4) is 0 Å². The minimum Gasteiger partial charge on any atom is -0.329 e. The van der Waals surface area contributed by atoms with E-state index < -0.39 is 10.0 Å². The highest BCUT2D eigenvalue weighted by Gasteiger charge is 2.41. The molecule has 0 saturated heterocycles. The van der Waals surface area contributed by atoms with Crippen molar-refractivity contribution in [1.29, 1.82) is 0 Å². The predicted molar refractivity (Wildman–Crippen MR) is 85.2 cm³/mol. The van der Waals surface area contributed by atoms with Crippen molar-refractivity contribution in [1.82, 2.24) is 4.31 Å². The lowest BCUT2D eigenvalue weighted by Gasteiger charge is -2.42. The van der Waals surface area contributed by atoms with E-state index in [1.807, 2.05) is 13.8 Å². The zero-order valence-corrected chi connectivity index (χ0v) is 14.1. The first-order chi connectivity index (χ1) is 9.52. The molecule has 0 aromatic heterocycles. The number of rotatable bonds is 8. The van der Waals surface area contributed by atoms with Gasteiger partial charge in [0.05, 0.1) is 5.75 Å². The number of unbranched alkanes of at least 4 members (excludes halogenated alkanes) is 1. The summed E-state index contributed by atoms with van der Waals surface area (Å²) in [5.74, 6) is 0.269. The Hall–Kier alpha value is -0.130. The topological polar surface area (TPSA) is 63.4 Å². The fourth-order valence-corrected chi connectivity index (χ4v) is 5.44. The van der Waals surface area contributed by atoms with Gasteiger partial charge in [-0.1, -0.05) is 46.0 Å². The van der Waals surface area contributed by atoms with Crippen molar-refractivity contribution in [3.63, 3.8) is 0 Å². The summed E-state index contributed by atoms with van der Waals surface area (Å²) >= 11 is 0. The van der Waals surface area contributed by atoms with Gasteiger partial charge in [-0.2, -0.15) is 4.31 Å². The molecule has 20 heavy (non-hydrogen) atoms. The van der Waals surface area contributed by atoms with Gasteiger partial charge >= 0.3 is 0 Å². The van der Waals surface area contributed by atoms with Crippen molar-refractivity contribution >= 4 is 10.0 Å². The third-order valence-corrected chi connectivity index (χ3v) is 6.51. The van der Waals surface area contributed by atoms with Crippen molar-refractivity contribution in [3.8, 4) is 0 Å². The Kier molecular flexibility index (Phi) is 7.48. The summed E-state index contributed by atoms with van der Waals surface area (Å²) < 4.78 is 27.2. The Bertz CT molecular complexity index is 360. The van der Waals surface area contributed by atoms with Crippen LogP contribution in [-0.2, 0) is 10.0 Å². The van der Waals surface area contributed by atoms with E-state index in [4.69, 9.17) is 5.73 Å². The molecule has 0 bridgehead atoms. The molecule has 1 aliphatic carbocycles. The first-order valence-corrected chi connectivity index (χ1v) is 9.84. The maximum absolute atomic E-state index is 12.7. The molecule has 0 heterocycles. The van der Waals surface area contributed by atoms with E-state index in [1.165, 1.54) is 12.8 Å². The van der Waals surface area contributed by atoms with Crippen molar-refractivity contribution in [2.45, 2.75) is 77.2 Å². The fraction of sp³-hybridized carbons (Fsp3) is 1.00. The lowest BCUT2D eigenvalue weighted by molar-refractivity contribution is 0.167. The average molecular weight is 305 g/mol. The normalized spacial score (nSPS) is 20.0. The second-order valence-corrected chi connectivity index (χ2v) is 8.10. The third kappa shape index (κ3) is 4.43. The highest BCUT2D eigenvalue weighted by Crippen LogP contribution is 2.34. The maximum Gasteiger partial charge on any atom is 0.214 e. The van der Waals surface area contributed by atoms with E-state index in [0.29, 0.717) is 13.1 Å². The second-order valence-electron chi connectivity index (χ2n) is 6.08. The highest BCUT2D eigenvalue weighted by molar-refractivity contribution is 7.89. The molecule has 1 rings (SSSR count). The first-order valence-electron chi connectivity index (χ1n) is 8.23. The SMILES string of the molecule is CCCCS(=O)(=O)N(CCC)C1(CN)CCCCCC1. The van der Waals surface area contributed by atoms with E-state index in [1.54, 1.807) is 4.31 Å². The molecule has 1 saturated carbocycles. The van der Waals surface area contributed by atoms with Gasteiger partial charge in [0.2, 0.25) is 10.0 Å². The quantitative estimate of drug-likeness (QED) is 0.701. The van der Waals surface area contributed by atoms with Gasteiger partial charge in [0.25, 0.3) is 0 Å². The van der Waals surface area contributed by atoms with Crippen molar-refractivity contribution in [2.75, 3.05) is 18.8 Å². The van der Waals surface area contributed by atoms with Crippen LogP contribution >= 0.6 is 0 Å². The summed E-state index contributed by atoms with van der Waals surface area (Å²) in [4.78, 5) is 0. The van der Waals surface area contributed by atoms with Crippen LogP contribution in [0.15, 0.2) is 0 Å². The van der Waals surface area contributed by atoms with Gasteiger partial charge in [-0.25, -0.2) is 8.42 Å². The molecule has 0 aromatic rings. The van der Waals surface area contributed by atoms with Crippen molar-refractivity contribution in [2.24, 2.45) is 5.73 Å². The number of nitrogens with two attached hydrogens (primary N) is 1. The molecule has 4 nitrogen and oxygen atoms in total. The van der Waals surface area contributed by atoms with E-state index in [9.17, 15) is 8.42 Å². The smallest absolute Gasteiger partial charge is 0.214 e. The highest BCUT2D eigenvalue weighted by atomic mass is 32.2. The molecular formula is C15H32N2O2S. The lowest BCUT2D eigenvalue weighted by atomic mass is 9.90. The van der Waals surface area contributed by atoms with Gasteiger partial charge in [-0.15, -0.1) is 0 Å². The molecule has 0 aromatic carbocycles. The maximum atomic E-state index is 12.7. The Morgan fingerprint density at radius 2 is 1.65 bits per heavy atom. The predicted octanol–water partition coefficient (Wildman–Crippen LogP) is 2.88. The van der Waals surface area contributed by atoms with Crippen LogP contribution in [0.5, 0.6) is 0 Å². The van der Waals surface area contributed by atoms with Gasteiger partial charge in [0, 0.05) is 18.6 Å². The van der Waals surface area contributed by atoms with Crippen LogP contribution in [0.25, 0.3) is 0 Å². The van der Waals surface area contributed by atoms with Crippen LogP contribution < -0.4 is 5.73 Å². The Labute approximate surface area is 125 Å². The standard InChI is InChI=1S/C15H32N2O2S/c1-3-5-13-20(18,19)17(12-4-2)15(14-16)10-8-6-7-9-11-15/h3-14,16H2,1-2H3.